The zero-order chi connectivity index (χ0) is 19.9. The predicted octanol–water partition coefficient (Wildman–Crippen LogP) is 7.88. The van der Waals surface area contributed by atoms with Gasteiger partial charge in [-0.2, -0.15) is 0 Å². The van der Waals surface area contributed by atoms with Gasteiger partial charge in [0.2, 0.25) is 0 Å². The first kappa shape index (κ1) is 16.9. The maximum atomic E-state index is 3.52. The number of aromatic amines is 1. The molecule has 0 bridgehead atoms. The molecule has 1 heterocycles. The van der Waals surface area contributed by atoms with Gasteiger partial charge in [-0.25, -0.2) is 0 Å². The maximum absolute atomic E-state index is 3.52. The summed E-state index contributed by atoms with van der Waals surface area (Å²) >= 11 is 0. The van der Waals surface area contributed by atoms with Gasteiger partial charge in [-0.05, 0) is 64.4 Å². The third-order valence-corrected chi connectivity index (χ3v) is 5.76. The summed E-state index contributed by atoms with van der Waals surface area (Å²) in [5.41, 5.74) is 6.98. The van der Waals surface area contributed by atoms with Crippen molar-refractivity contribution in [2.45, 2.75) is 0 Å². The zero-order valence-corrected chi connectivity index (χ0v) is 16.4. The van der Waals surface area contributed by atoms with Crippen LogP contribution in [0.25, 0.3) is 43.7 Å². The van der Waals surface area contributed by atoms with Gasteiger partial charge in [-0.15, -0.1) is 0 Å². The minimum Gasteiger partial charge on any atom is -0.356 e. The van der Waals surface area contributed by atoms with E-state index in [0.717, 1.165) is 11.4 Å². The van der Waals surface area contributed by atoms with E-state index in [0.29, 0.717) is 0 Å². The zero-order valence-electron chi connectivity index (χ0n) is 16.4. The molecule has 6 rings (SSSR count). The Labute approximate surface area is 174 Å². The van der Waals surface area contributed by atoms with Gasteiger partial charge in [0.25, 0.3) is 0 Å². The minimum absolute atomic E-state index is 1.09. The second-order valence-electron chi connectivity index (χ2n) is 7.70. The van der Waals surface area contributed by atoms with Crippen molar-refractivity contribution in [1.29, 1.82) is 0 Å². The number of hydrogen-bond acceptors (Lipinski definition) is 1. The van der Waals surface area contributed by atoms with Crippen LogP contribution in [-0.2, 0) is 0 Å². The van der Waals surface area contributed by atoms with Crippen molar-refractivity contribution in [3.05, 3.63) is 109 Å². The number of fused-ring (bicyclic) bond motifs is 4. The van der Waals surface area contributed by atoms with Crippen molar-refractivity contribution in [2.24, 2.45) is 0 Å². The van der Waals surface area contributed by atoms with Crippen LogP contribution >= 0.6 is 0 Å². The summed E-state index contributed by atoms with van der Waals surface area (Å²) in [6, 6.07) is 38.6. The van der Waals surface area contributed by atoms with Crippen LogP contribution < -0.4 is 5.32 Å². The van der Waals surface area contributed by atoms with E-state index in [1.54, 1.807) is 0 Å². The Balaban J connectivity index is 1.31. The first-order valence-corrected chi connectivity index (χ1v) is 10.2. The molecule has 2 nitrogen and oxygen atoms in total. The lowest BCUT2D eigenvalue weighted by molar-refractivity contribution is 1.54. The highest BCUT2D eigenvalue weighted by Crippen LogP contribution is 2.31. The molecule has 0 radical (unpaired) electrons. The molecule has 0 atom stereocenters. The van der Waals surface area contributed by atoms with Crippen LogP contribution in [0.15, 0.2) is 109 Å². The Kier molecular flexibility index (Phi) is 3.82. The number of anilines is 2. The normalized spacial score (nSPS) is 11.3. The lowest BCUT2D eigenvalue weighted by Crippen LogP contribution is -1.90. The molecule has 0 aliphatic carbocycles. The van der Waals surface area contributed by atoms with E-state index in [1.165, 1.54) is 43.7 Å². The number of rotatable bonds is 3. The van der Waals surface area contributed by atoms with Crippen LogP contribution in [0.2, 0.25) is 0 Å². The van der Waals surface area contributed by atoms with E-state index >= 15 is 0 Å². The third kappa shape index (κ3) is 2.90. The van der Waals surface area contributed by atoms with Crippen LogP contribution in [0, 0.1) is 0 Å². The SMILES string of the molecule is c1ccc2cc(Nc3ccc(-c4ccc5[nH]c6ccccc6c5c4)cc3)ccc2c1. The van der Waals surface area contributed by atoms with Gasteiger partial charge in [0.1, 0.15) is 0 Å². The highest BCUT2D eigenvalue weighted by molar-refractivity contribution is 6.08. The molecule has 0 saturated carbocycles. The molecule has 0 amide bonds. The van der Waals surface area contributed by atoms with E-state index in [9.17, 15) is 0 Å². The molecule has 0 unspecified atom stereocenters. The van der Waals surface area contributed by atoms with Crippen LogP contribution in [0.4, 0.5) is 11.4 Å². The summed E-state index contributed by atoms with van der Waals surface area (Å²) in [7, 11) is 0. The smallest absolute Gasteiger partial charge is 0.0465 e. The van der Waals surface area contributed by atoms with E-state index in [-0.39, 0.29) is 0 Å². The average molecular weight is 384 g/mol. The van der Waals surface area contributed by atoms with Gasteiger partial charge in [0.15, 0.2) is 0 Å². The highest BCUT2D eigenvalue weighted by Gasteiger charge is 2.06. The molecule has 2 heteroatoms. The molecule has 1 aromatic heterocycles. The number of para-hydroxylation sites is 1. The molecule has 5 aromatic carbocycles. The fourth-order valence-electron chi connectivity index (χ4n) is 4.21. The van der Waals surface area contributed by atoms with Crippen LogP contribution in [0.3, 0.4) is 0 Å². The number of hydrogen-bond donors (Lipinski definition) is 2. The summed E-state index contributed by atoms with van der Waals surface area (Å²) in [5.74, 6) is 0. The van der Waals surface area contributed by atoms with Crippen molar-refractivity contribution in [2.75, 3.05) is 5.32 Å². The molecule has 142 valence electrons. The molecule has 30 heavy (non-hydrogen) atoms. The summed E-state index contributed by atoms with van der Waals surface area (Å²) in [6.07, 6.45) is 0. The van der Waals surface area contributed by atoms with Gasteiger partial charge in [0.05, 0.1) is 0 Å². The number of aromatic nitrogens is 1. The van der Waals surface area contributed by atoms with Crippen LogP contribution in [-0.4, -0.2) is 4.98 Å². The first-order valence-electron chi connectivity index (χ1n) is 10.2. The minimum atomic E-state index is 1.09. The van der Waals surface area contributed by atoms with E-state index in [2.05, 4.69) is 119 Å². The summed E-state index contributed by atoms with van der Waals surface area (Å²) in [6.45, 7) is 0. The monoisotopic (exact) mass is 384 g/mol. The molecule has 0 spiro atoms. The topological polar surface area (TPSA) is 27.8 Å². The van der Waals surface area contributed by atoms with Crippen LogP contribution in [0.1, 0.15) is 0 Å². The fourth-order valence-corrected chi connectivity index (χ4v) is 4.21. The van der Waals surface area contributed by atoms with E-state index < -0.39 is 0 Å². The summed E-state index contributed by atoms with van der Waals surface area (Å²) in [4.78, 5) is 3.50. The molecule has 0 aliphatic heterocycles. The summed E-state index contributed by atoms with van der Waals surface area (Å²) < 4.78 is 0. The lowest BCUT2D eigenvalue weighted by atomic mass is 10.0. The Hall–Kier alpha value is -4.04. The van der Waals surface area contributed by atoms with Crippen molar-refractivity contribution in [1.82, 2.24) is 4.98 Å². The second kappa shape index (κ2) is 6.78. The predicted molar refractivity (Wildman–Crippen MR) is 128 cm³/mol. The second-order valence-corrected chi connectivity index (χ2v) is 7.70. The fraction of sp³-hybridized carbons (Fsp3) is 0. The largest absolute Gasteiger partial charge is 0.356 e. The first-order chi connectivity index (χ1) is 14.8. The standard InChI is InChI=1S/C28H20N2/c1-2-6-21-17-24(15-11-19(21)5-1)29-23-13-9-20(10-14-23)22-12-16-28-26(18-22)25-7-3-4-8-27(25)30-28/h1-18,29-30H. The van der Waals surface area contributed by atoms with E-state index in [4.69, 9.17) is 0 Å². The number of H-pyrrole nitrogens is 1. The van der Waals surface area contributed by atoms with Crippen molar-refractivity contribution in [3.63, 3.8) is 0 Å². The number of benzene rings is 5. The van der Waals surface area contributed by atoms with Gasteiger partial charge in [-0.1, -0.05) is 66.7 Å². The Bertz CT molecular complexity index is 1510. The maximum Gasteiger partial charge on any atom is 0.0465 e. The van der Waals surface area contributed by atoms with Gasteiger partial charge in [-0.3, -0.25) is 0 Å². The van der Waals surface area contributed by atoms with E-state index in [1.807, 2.05) is 0 Å². The van der Waals surface area contributed by atoms with Gasteiger partial charge in [0, 0.05) is 33.2 Å². The van der Waals surface area contributed by atoms with Crippen molar-refractivity contribution >= 4 is 44.0 Å². The Morgan fingerprint density at radius 3 is 2.07 bits per heavy atom. The molecular weight excluding hydrogens is 364 g/mol. The quantitative estimate of drug-likeness (QED) is 0.319. The molecule has 6 aromatic rings. The van der Waals surface area contributed by atoms with Gasteiger partial charge >= 0.3 is 0 Å². The molecule has 2 N–H and O–H groups in total. The van der Waals surface area contributed by atoms with Gasteiger partial charge < -0.3 is 10.3 Å². The number of nitrogens with one attached hydrogen (secondary N) is 2. The van der Waals surface area contributed by atoms with Crippen LogP contribution in [0.5, 0.6) is 0 Å². The molecular formula is C28H20N2. The summed E-state index contributed by atoms with van der Waals surface area (Å²) in [5, 5.41) is 8.55. The lowest BCUT2D eigenvalue weighted by Gasteiger charge is -2.09. The highest BCUT2D eigenvalue weighted by atomic mass is 14.9. The third-order valence-electron chi connectivity index (χ3n) is 5.76. The molecule has 0 saturated heterocycles. The molecule has 0 fully saturated rings. The molecule has 0 aliphatic rings. The average Bonchev–Trinajstić information content (AvgIpc) is 3.17. The van der Waals surface area contributed by atoms with Crippen molar-refractivity contribution < 1.29 is 0 Å². The van der Waals surface area contributed by atoms with Crippen molar-refractivity contribution in [3.8, 4) is 11.1 Å². The Morgan fingerprint density at radius 1 is 0.467 bits per heavy atom. The Morgan fingerprint density at radius 2 is 1.17 bits per heavy atom.